The van der Waals surface area contributed by atoms with Gasteiger partial charge in [0.1, 0.15) is 0 Å². The van der Waals surface area contributed by atoms with E-state index in [0.29, 0.717) is 0 Å². The Kier molecular flexibility index (Phi) is 4.47. The zero-order valence-electron chi connectivity index (χ0n) is 4.68. The van der Waals surface area contributed by atoms with Crippen LogP contribution in [-0.4, -0.2) is 10.1 Å². The summed E-state index contributed by atoms with van der Waals surface area (Å²) in [6.07, 6.45) is -4.80. The van der Waals surface area contributed by atoms with Gasteiger partial charge in [-0.3, -0.25) is 0 Å². The van der Waals surface area contributed by atoms with Crippen molar-refractivity contribution >= 4 is 49.8 Å². The van der Waals surface area contributed by atoms with Gasteiger partial charge < -0.3 is 0 Å². The van der Waals surface area contributed by atoms with Crippen LogP contribution in [0, 0.1) is 0 Å². The summed E-state index contributed by atoms with van der Waals surface area (Å²) in [4.78, 5) is 0. The van der Waals surface area contributed by atoms with Crippen LogP contribution in [0.4, 0.5) is 13.2 Å². The molecule has 0 heterocycles. The summed E-state index contributed by atoms with van der Waals surface area (Å²) in [6.45, 7) is 0. The minimum atomic E-state index is -4.05. The fraction of sp³-hybridized carbons (Fsp3) is 1.00. The van der Waals surface area contributed by atoms with E-state index in [0.717, 1.165) is 0 Å². The molecule has 0 aliphatic heterocycles. The molecule has 0 nitrogen and oxygen atoms in total. The van der Waals surface area contributed by atoms with Gasteiger partial charge in [-0.25, -0.2) is 0 Å². The van der Waals surface area contributed by atoms with Gasteiger partial charge in [0.25, 0.3) is 3.93 Å². The number of halogens is 6. The van der Waals surface area contributed by atoms with Gasteiger partial charge in [-0.15, -0.1) is 0 Å². The largest absolute Gasteiger partial charge is 0.388 e. The molecule has 0 N–H and O–H groups in total. The Morgan fingerprint density at radius 2 is 1.50 bits per heavy atom. The number of rotatable bonds is 2. The summed E-state index contributed by atoms with van der Waals surface area (Å²) in [5.41, 5.74) is 0. The van der Waals surface area contributed by atoms with Gasteiger partial charge in [0, 0.05) is 6.42 Å². The average molecular weight is 365 g/mol. The van der Waals surface area contributed by atoms with Gasteiger partial charge in [0.05, 0.1) is 0 Å². The van der Waals surface area contributed by atoms with E-state index < -0.39 is 16.5 Å². The van der Waals surface area contributed by atoms with Crippen molar-refractivity contribution in [2.45, 2.75) is 18.6 Å². The van der Waals surface area contributed by atoms with E-state index in [9.17, 15) is 13.2 Å². The molecule has 0 radical (unpaired) electrons. The van der Waals surface area contributed by atoms with Crippen LogP contribution in [0.5, 0.6) is 0 Å². The third kappa shape index (κ3) is 9.45. The highest BCUT2D eigenvalue weighted by molar-refractivity contribution is 9.72. The van der Waals surface area contributed by atoms with Crippen molar-refractivity contribution in [2.75, 3.05) is 0 Å². The predicted octanol–water partition coefficient (Wildman–Crippen LogP) is 4.06. The SMILES string of the molecule is FC(F)(F)CC[Si](Br)(Br)Br. The normalized spacial score (nSPS) is 13.8. The predicted molar refractivity (Wildman–Crippen MR) is 48.0 cm³/mol. The second-order valence-corrected chi connectivity index (χ2v) is 25.2. The molecule has 0 aromatic heterocycles. The molecule has 7 heteroatoms. The molecule has 0 aromatic rings. The van der Waals surface area contributed by atoms with E-state index in [1.165, 1.54) is 0 Å². The fourth-order valence-electron chi connectivity index (χ4n) is 0.283. The zero-order valence-corrected chi connectivity index (χ0v) is 10.4. The van der Waals surface area contributed by atoms with Gasteiger partial charge in [-0.2, -0.15) is 13.2 Å². The molecule has 62 valence electrons. The van der Waals surface area contributed by atoms with E-state index in [-0.39, 0.29) is 6.04 Å². The lowest BCUT2D eigenvalue weighted by atomic mass is 10.5. The number of hydrogen-bond acceptors (Lipinski definition) is 0. The second kappa shape index (κ2) is 3.91. The third-order valence-electron chi connectivity index (χ3n) is 0.692. The minimum Gasteiger partial charge on any atom is -0.171 e. The Balaban J connectivity index is 3.56. The summed E-state index contributed by atoms with van der Waals surface area (Å²) >= 11 is 9.31. The molecule has 0 aliphatic carbocycles. The van der Waals surface area contributed by atoms with Crippen molar-refractivity contribution < 1.29 is 13.2 Å². The Labute approximate surface area is 81.3 Å². The van der Waals surface area contributed by atoms with Crippen LogP contribution in [0.2, 0.25) is 6.04 Å². The topological polar surface area (TPSA) is 0 Å². The Morgan fingerprint density at radius 3 is 1.60 bits per heavy atom. The van der Waals surface area contributed by atoms with E-state index in [2.05, 4.69) is 45.9 Å². The molecule has 0 saturated heterocycles. The van der Waals surface area contributed by atoms with Gasteiger partial charge in [-0.05, 0) is 6.04 Å². The third-order valence-corrected chi connectivity index (χ3v) is 5.08. The van der Waals surface area contributed by atoms with Gasteiger partial charge >= 0.3 is 6.18 Å². The van der Waals surface area contributed by atoms with Gasteiger partial charge in [0.15, 0.2) is 0 Å². The Morgan fingerprint density at radius 1 is 1.10 bits per heavy atom. The molecule has 10 heavy (non-hydrogen) atoms. The van der Waals surface area contributed by atoms with Crippen molar-refractivity contribution in [3.63, 3.8) is 0 Å². The van der Waals surface area contributed by atoms with Gasteiger partial charge in [0.2, 0.25) is 0 Å². The molecule has 0 saturated carbocycles. The average Bonchev–Trinajstić information content (AvgIpc) is 1.57. The van der Waals surface area contributed by atoms with Crippen molar-refractivity contribution in [2.24, 2.45) is 0 Å². The highest BCUT2D eigenvalue weighted by Crippen LogP contribution is 2.36. The van der Waals surface area contributed by atoms with Crippen LogP contribution in [0.1, 0.15) is 6.42 Å². The van der Waals surface area contributed by atoms with Crippen molar-refractivity contribution in [1.82, 2.24) is 0 Å². The summed E-state index contributed by atoms with van der Waals surface area (Å²) in [5, 5.41) is 0. The van der Waals surface area contributed by atoms with E-state index in [4.69, 9.17) is 0 Å². The molecule has 0 fully saturated rings. The van der Waals surface area contributed by atoms with E-state index in [1.54, 1.807) is 0 Å². The summed E-state index contributed by atoms with van der Waals surface area (Å²) in [7, 11) is 0. The number of hydrogen-bond donors (Lipinski definition) is 0. The summed E-state index contributed by atoms with van der Waals surface area (Å²) < 4.78 is 32.6. The van der Waals surface area contributed by atoms with Crippen molar-refractivity contribution in [3.8, 4) is 0 Å². The molecule has 0 spiro atoms. The lowest BCUT2D eigenvalue weighted by Crippen LogP contribution is -2.14. The van der Waals surface area contributed by atoms with E-state index in [1.807, 2.05) is 0 Å². The van der Waals surface area contributed by atoms with Crippen molar-refractivity contribution in [1.29, 1.82) is 0 Å². The molecule has 0 amide bonds. The van der Waals surface area contributed by atoms with E-state index >= 15 is 0 Å². The fourth-order valence-corrected chi connectivity index (χ4v) is 2.63. The maximum Gasteiger partial charge on any atom is 0.388 e. The van der Waals surface area contributed by atoms with Crippen LogP contribution in [0.15, 0.2) is 0 Å². The first-order valence-electron chi connectivity index (χ1n) is 2.34. The summed E-state index contributed by atoms with van der Waals surface area (Å²) in [5.74, 6) is 0. The molecular formula is C3H4Br3F3Si. The van der Waals surface area contributed by atoms with Crippen molar-refractivity contribution in [3.05, 3.63) is 0 Å². The molecule has 0 rings (SSSR count). The highest BCUT2D eigenvalue weighted by Gasteiger charge is 2.33. The standard InChI is InChI=1S/C3H4Br3F3Si/c4-10(5,6)2-1-3(7,8)9/h1-2H2. The molecule has 0 bridgehead atoms. The maximum absolute atomic E-state index is 11.5. The van der Waals surface area contributed by atoms with Crippen LogP contribution >= 0.6 is 45.9 Å². The molecule has 0 aliphatic rings. The van der Waals surface area contributed by atoms with Crippen LogP contribution in [-0.2, 0) is 0 Å². The quantitative estimate of drug-likeness (QED) is 0.512. The van der Waals surface area contributed by atoms with Crippen LogP contribution in [0.3, 0.4) is 0 Å². The number of alkyl halides is 3. The first-order valence-corrected chi connectivity index (χ1v) is 11.3. The second-order valence-electron chi connectivity index (χ2n) is 1.73. The molecular weight excluding hydrogens is 361 g/mol. The molecule has 0 atom stereocenters. The first kappa shape index (κ1) is 11.4. The Bertz CT molecular complexity index is 92.5. The molecule has 0 aromatic carbocycles. The Hall–Kier alpha value is 1.45. The smallest absolute Gasteiger partial charge is 0.171 e. The lowest BCUT2D eigenvalue weighted by Gasteiger charge is -2.10. The first-order chi connectivity index (χ1) is 4.21. The lowest BCUT2D eigenvalue weighted by molar-refractivity contribution is -0.130. The van der Waals surface area contributed by atoms with Crippen LogP contribution in [0.25, 0.3) is 0 Å². The minimum absolute atomic E-state index is 0.0938. The van der Waals surface area contributed by atoms with Crippen LogP contribution < -0.4 is 0 Å². The maximum atomic E-state index is 11.5. The van der Waals surface area contributed by atoms with Gasteiger partial charge in [-0.1, -0.05) is 45.9 Å². The highest BCUT2D eigenvalue weighted by atomic mass is 80.0. The summed E-state index contributed by atoms with van der Waals surface area (Å²) in [6, 6.07) is 0.0938. The zero-order chi connectivity index (χ0) is 8.41. The monoisotopic (exact) mass is 362 g/mol. The molecule has 0 unspecified atom stereocenters.